The largest absolute Gasteiger partial charge is 0.355 e. The van der Waals surface area contributed by atoms with E-state index in [1.165, 1.54) is 22.3 Å². The van der Waals surface area contributed by atoms with Crippen LogP contribution in [0.25, 0.3) is 0 Å². The van der Waals surface area contributed by atoms with E-state index in [-0.39, 0.29) is 11.8 Å². The lowest BCUT2D eigenvalue weighted by Crippen LogP contribution is -2.48. The molecule has 0 aromatic heterocycles. The van der Waals surface area contributed by atoms with Crippen molar-refractivity contribution in [3.8, 4) is 0 Å². The summed E-state index contributed by atoms with van der Waals surface area (Å²) in [6.45, 7) is 10.9. The molecule has 1 N–H and O–H groups in total. The van der Waals surface area contributed by atoms with E-state index in [2.05, 4.69) is 37.4 Å². The maximum atomic E-state index is 13.0. The van der Waals surface area contributed by atoms with Crippen LogP contribution in [-0.2, 0) is 21.9 Å². The highest BCUT2D eigenvalue weighted by Crippen LogP contribution is 2.18. The van der Waals surface area contributed by atoms with Crippen molar-refractivity contribution >= 4 is 23.6 Å². The number of carbonyl (C=O) groups excluding carboxylic acids is 2. The van der Waals surface area contributed by atoms with Gasteiger partial charge in [-0.05, 0) is 45.7 Å². The average Bonchev–Trinajstić information content (AvgIpc) is 2.66. The Morgan fingerprint density at radius 3 is 2.17 bits per heavy atom. The number of carbonyl (C=O) groups is 2. The van der Waals surface area contributed by atoms with Gasteiger partial charge < -0.3 is 10.2 Å². The van der Waals surface area contributed by atoms with Crippen LogP contribution in [0.15, 0.2) is 42.5 Å². The van der Waals surface area contributed by atoms with Crippen LogP contribution in [0.3, 0.4) is 0 Å². The first-order valence-corrected chi connectivity index (χ1v) is 11.2. The number of benzene rings is 2. The molecule has 0 radical (unpaired) electrons. The molecule has 0 bridgehead atoms. The van der Waals surface area contributed by atoms with E-state index in [0.717, 1.165) is 11.3 Å². The van der Waals surface area contributed by atoms with Crippen molar-refractivity contribution in [3.05, 3.63) is 70.3 Å². The van der Waals surface area contributed by atoms with Crippen molar-refractivity contribution in [2.24, 2.45) is 0 Å². The van der Waals surface area contributed by atoms with Gasteiger partial charge in [-0.1, -0.05) is 59.2 Å². The summed E-state index contributed by atoms with van der Waals surface area (Å²) < 4.78 is 0. The van der Waals surface area contributed by atoms with E-state index in [1.807, 2.05) is 38.1 Å². The Bertz CT molecular complexity index is 813. The first kappa shape index (κ1) is 23.0. The van der Waals surface area contributed by atoms with E-state index < -0.39 is 6.04 Å². The van der Waals surface area contributed by atoms with Gasteiger partial charge in [0.2, 0.25) is 11.8 Å². The number of hydrogen-bond acceptors (Lipinski definition) is 3. The SMILES string of the molecule is CCNC(=O)[C@H](C)N(Cc1ccc(C)cc1)C(=O)CSCc1cc(C)cc(C)c1. The predicted octanol–water partition coefficient (Wildman–Crippen LogP) is 4.40. The van der Waals surface area contributed by atoms with Crippen molar-refractivity contribution < 1.29 is 9.59 Å². The summed E-state index contributed by atoms with van der Waals surface area (Å²) in [4.78, 5) is 27.1. The third-order valence-corrected chi connectivity index (χ3v) is 5.76. The zero-order chi connectivity index (χ0) is 21.4. The molecule has 2 amide bonds. The maximum Gasteiger partial charge on any atom is 0.242 e. The molecule has 2 aromatic carbocycles. The Labute approximate surface area is 179 Å². The summed E-state index contributed by atoms with van der Waals surface area (Å²) in [6.07, 6.45) is 0. The monoisotopic (exact) mass is 412 g/mol. The van der Waals surface area contributed by atoms with Crippen LogP contribution in [0.4, 0.5) is 0 Å². The zero-order valence-electron chi connectivity index (χ0n) is 18.1. The molecule has 2 aromatic rings. The first-order valence-electron chi connectivity index (χ1n) is 10.1. The molecule has 29 heavy (non-hydrogen) atoms. The molecule has 1 atom stereocenters. The van der Waals surface area contributed by atoms with Gasteiger partial charge in [-0.15, -0.1) is 11.8 Å². The van der Waals surface area contributed by atoms with Gasteiger partial charge in [0.05, 0.1) is 5.75 Å². The van der Waals surface area contributed by atoms with Crippen LogP contribution >= 0.6 is 11.8 Å². The third kappa shape index (κ3) is 7.24. The molecule has 0 aliphatic rings. The fourth-order valence-electron chi connectivity index (χ4n) is 3.29. The zero-order valence-corrected chi connectivity index (χ0v) is 18.9. The number of nitrogens with zero attached hydrogens (tertiary/aromatic N) is 1. The van der Waals surface area contributed by atoms with Gasteiger partial charge in [0, 0.05) is 18.8 Å². The molecule has 0 heterocycles. The highest BCUT2D eigenvalue weighted by atomic mass is 32.2. The van der Waals surface area contributed by atoms with Crippen molar-refractivity contribution in [1.82, 2.24) is 10.2 Å². The maximum absolute atomic E-state index is 13.0. The fourth-order valence-corrected chi connectivity index (χ4v) is 4.13. The molecule has 0 fully saturated rings. The number of likely N-dealkylation sites (N-methyl/N-ethyl adjacent to an activating group) is 1. The summed E-state index contributed by atoms with van der Waals surface area (Å²) in [7, 11) is 0. The highest BCUT2D eigenvalue weighted by molar-refractivity contribution is 7.99. The van der Waals surface area contributed by atoms with Crippen LogP contribution in [0.5, 0.6) is 0 Å². The number of amides is 2. The molecule has 0 saturated carbocycles. The lowest BCUT2D eigenvalue weighted by atomic mass is 10.1. The second kappa shape index (κ2) is 11.1. The lowest BCUT2D eigenvalue weighted by Gasteiger charge is -2.28. The number of rotatable bonds is 9. The molecule has 5 heteroatoms. The second-order valence-electron chi connectivity index (χ2n) is 7.57. The Balaban J connectivity index is 2.06. The predicted molar refractivity (Wildman–Crippen MR) is 122 cm³/mol. The van der Waals surface area contributed by atoms with E-state index in [0.29, 0.717) is 18.8 Å². The normalized spacial score (nSPS) is 11.8. The molecule has 0 unspecified atom stereocenters. The third-order valence-electron chi connectivity index (χ3n) is 4.77. The van der Waals surface area contributed by atoms with Crippen molar-refractivity contribution in [2.75, 3.05) is 12.3 Å². The molecule has 4 nitrogen and oxygen atoms in total. The minimum atomic E-state index is -0.509. The van der Waals surface area contributed by atoms with E-state index in [9.17, 15) is 9.59 Å². The minimum absolute atomic E-state index is 0.0151. The molecule has 0 saturated heterocycles. The number of thioether (sulfide) groups is 1. The van der Waals surface area contributed by atoms with Gasteiger partial charge in [0.15, 0.2) is 0 Å². The van der Waals surface area contributed by atoms with Gasteiger partial charge in [0.25, 0.3) is 0 Å². The molecule has 0 aliphatic heterocycles. The topological polar surface area (TPSA) is 49.4 Å². The van der Waals surface area contributed by atoms with Crippen LogP contribution in [-0.4, -0.2) is 35.1 Å². The lowest BCUT2D eigenvalue weighted by molar-refractivity contribution is -0.138. The summed E-state index contributed by atoms with van der Waals surface area (Å²) in [5.41, 5.74) is 5.89. The smallest absolute Gasteiger partial charge is 0.242 e. The summed E-state index contributed by atoms with van der Waals surface area (Å²) >= 11 is 1.59. The summed E-state index contributed by atoms with van der Waals surface area (Å²) in [5, 5.41) is 2.83. The van der Waals surface area contributed by atoms with Crippen LogP contribution in [0.2, 0.25) is 0 Å². The van der Waals surface area contributed by atoms with E-state index in [4.69, 9.17) is 0 Å². The van der Waals surface area contributed by atoms with Gasteiger partial charge in [-0.2, -0.15) is 0 Å². The van der Waals surface area contributed by atoms with Crippen LogP contribution in [0, 0.1) is 20.8 Å². The summed E-state index contributed by atoms with van der Waals surface area (Å²) in [5.74, 6) is 0.996. The van der Waals surface area contributed by atoms with Crippen molar-refractivity contribution in [3.63, 3.8) is 0 Å². The standard InChI is InChI=1S/C24H32N2O2S/c1-6-25-24(28)20(5)26(14-21-9-7-17(2)8-10-21)23(27)16-29-15-22-12-18(3)11-19(4)13-22/h7-13,20H,6,14-16H2,1-5H3,(H,25,28)/t20-/m0/s1. The van der Waals surface area contributed by atoms with Crippen LogP contribution < -0.4 is 5.32 Å². The molecule has 156 valence electrons. The van der Waals surface area contributed by atoms with Gasteiger partial charge in [-0.25, -0.2) is 0 Å². The van der Waals surface area contributed by atoms with Crippen molar-refractivity contribution in [2.45, 2.75) is 53.0 Å². The average molecular weight is 413 g/mol. The van der Waals surface area contributed by atoms with Gasteiger partial charge >= 0.3 is 0 Å². The highest BCUT2D eigenvalue weighted by Gasteiger charge is 2.25. The Morgan fingerprint density at radius 2 is 1.59 bits per heavy atom. The minimum Gasteiger partial charge on any atom is -0.355 e. The molecule has 0 spiro atoms. The Morgan fingerprint density at radius 1 is 0.966 bits per heavy atom. The summed E-state index contributed by atoms with van der Waals surface area (Å²) in [6, 6.07) is 14.1. The van der Waals surface area contributed by atoms with E-state index >= 15 is 0 Å². The van der Waals surface area contributed by atoms with E-state index in [1.54, 1.807) is 23.6 Å². The fraction of sp³-hybridized carbons (Fsp3) is 0.417. The van der Waals surface area contributed by atoms with Crippen molar-refractivity contribution in [1.29, 1.82) is 0 Å². The molecular formula is C24H32N2O2S. The molecular weight excluding hydrogens is 380 g/mol. The molecule has 2 rings (SSSR count). The van der Waals surface area contributed by atoms with Gasteiger partial charge in [-0.3, -0.25) is 9.59 Å². The number of aryl methyl sites for hydroxylation is 3. The Hall–Kier alpha value is -2.27. The van der Waals surface area contributed by atoms with Crippen LogP contribution in [0.1, 0.15) is 41.7 Å². The second-order valence-corrected chi connectivity index (χ2v) is 8.55. The Kier molecular flexibility index (Phi) is 8.77. The quantitative estimate of drug-likeness (QED) is 0.664. The molecule has 0 aliphatic carbocycles. The number of hydrogen-bond donors (Lipinski definition) is 1. The number of nitrogens with one attached hydrogen (secondary N) is 1. The van der Waals surface area contributed by atoms with Gasteiger partial charge in [0.1, 0.15) is 6.04 Å². The first-order chi connectivity index (χ1) is 13.8.